The average Bonchev–Trinajstić information content (AvgIpc) is 2.15. The van der Waals surface area contributed by atoms with Crippen LogP contribution in [0.15, 0.2) is 0 Å². The Morgan fingerprint density at radius 2 is 2.42 bits per heavy atom. The molecule has 0 radical (unpaired) electrons. The van der Waals surface area contributed by atoms with Gasteiger partial charge in [0.2, 0.25) is 0 Å². The Hall–Kier alpha value is -0.120. The molecular weight excluding hydrogens is 150 g/mol. The smallest absolute Gasteiger partial charge is 0.0218 e. The lowest BCUT2D eigenvalue weighted by Crippen LogP contribution is -2.51. The predicted octanol–water partition coefficient (Wildman–Crippen LogP) is 0.0190. The number of nitrogens with one attached hydrogen (secondary N) is 1. The van der Waals surface area contributed by atoms with E-state index in [9.17, 15) is 0 Å². The maximum absolute atomic E-state index is 5.49. The van der Waals surface area contributed by atoms with Gasteiger partial charge in [0, 0.05) is 25.7 Å². The minimum Gasteiger partial charge on any atom is -0.330 e. The first-order chi connectivity index (χ1) is 5.88. The Bertz CT molecular complexity index is 116. The van der Waals surface area contributed by atoms with Crippen LogP contribution in [0.4, 0.5) is 0 Å². The van der Waals surface area contributed by atoms with Crippen molar-refractivity contribution in [2.45, 2.75) is 25.8 Å². The molecule has 3 N–H and O–H groups in total. The van der Waals surface area contributed by atoms with Crippen molar-refractivity contribution < 1.29 is 0 Å². The van der Waals surface area contributed by atoms with E-state index in [0.29, 0.717) is 0 Å². The lowest BCUT2D eigenvalue weighted by Gasteiger charge is -2.35. The van der Waals surface area contributed by atoms with Crippen LogP contribution in [0.2, 0.25) is 0 Å². The van der Waals surface area contributed by atoms with Crippen molar-refractivity contribution in [3.63, 3.8) is 0 Å². The highest BCUT2D eigenvalue weighted by molar-refractivity contribution is 4.78. The summed E-state index contributed by atoms with van der Waals surface area (Å²) in [5.74, 6) is 0. The molecule has 1 atom stereocenters. The number of rotatable bonds is 4. The van der Waals surface area contributed by atoms with Gasteiger partial charge in [-0.25, -0.2) is 0 Å². The molecule has 0 bridgehead atoms. The quantitative estimate of drug-likeness (QED) is 0.626. The third-order valence-electron chi connectivity index (χ3n) is 2.59. The van der Waals surface area contributed by atoms with Gasteiger partial charge in [-0.05, 0) is 25.9 Å². The molecule has 3 heteroatoms. The van der Waals surface area contributed by atoms with E-state index in [2.05, 4.69) is 17.1 Å². The van der Waals surface area contributed by atoms with E-state index in [1.54, 1.807) is 0 Å². The summed E-state index contributed by atoms with van der Waals surface area (Å²) in [5, 5.41) is 3.42. The van der Waals surface area contributed by atoms with E-state index >= 15 is 0 Å². The summed E-state index contributed by atoms with van der Waals surface area (Å²) in [7, 11) is 0. The molecule has 0 saturated carbocycles. The molecule has 0 spiro atoms. The van der Waals surface area contributed by atoms with Crippen LogP contribution in [-0.2, 0) is 0 Å². The Labute approximate surface area is 75.3 Å². The van der Waals surface area contributed by atoms with Crippen molar-refractivity contribution in [2.75, 3.05) is 32.7 Å². The van der Waals surface area contributed by atoms with Crippen molar-refractivity contribution in [2.24, 2.45) is 5.73 Å². The van der Waals surface area contributed by atoms with Crippen molar-refractivity contribution >= 4 is 0 Å². The third kappa shape index (κ3) is 2.73. The molecule has 1 fully saturated rings. The number of hydrogen-bond acceptors (Lipinski definition) is 3. The Kier molecular flexibility index (Phi) is 4.58. The van der Waals surface area contributed by atoms with Crippen LogP contribution in [0.5, 0.6) is 0 Å². The SMILES string of the molecule is CCC1CNCCN1CCCN. The molecule has 0 aromatic heterocycles. The van der Waals surface area contributed by atoms with Gasteiger partial charge in [0.25, 0.3) is 0 Å². The Morgan fingerprint density at radius 1 is 1.58 bits per heavy atom. The van der Waals surface area contributed by atoms with Crippen LogP contribution in [0.1, 0.15) is 19.8 Å². The maximum Gasteiger partial charge on any atom is 0.0218 e. The highest BCUT2D eigenvalue weighted by Crippen LogP contribution is 2.06. The fourth-order valence-electron chi connectivity index (χ4n) is 1.79. The minimum atomic E-state index is 0.741. The van der Waals surface area contributed by atoms with Gasteiger partial charge < -0.3 is 11.1 Å². The summed E-state index contributed by atoms with van der Waals surface area (Å²) in [6.45, 7) is 7.74. The summed E-state index contributed by atoms with van der Waals surface area (Å²) in [5.41, 5.74) is 5.49. The van der Waals surface area contributed by atoms with Crippen LogP contribution in [0.25, 0.3) is 0 Å². The Balaban J connectivity index is 2.26. The second-order valence-corrected chi connectivity index (χ2v) is 3.44. The molecular formula is C9H21N3. The lowest BCUT2D eigenvalue weighted by molar-refractivity contribution is 0.156. The second kappa shape index (κ2) is 5.51. The van der Waals surface area contributed by atoms with E-state index in [4.69, 9.17) is 5.73 Å². The van der Waals surface area contributed by atoms with Gasteiger partial charge >= 0.3 is 0 Å². The molecule has 1 unspecified atom stereocenters. The summed E-state index contributed by atoms with van der Waals surface area (Å²) in [6, 6.07) is 0.741. The number of hydrogen-bond donors (Lipinski definition) is 2. The topological polar surface area (TPSA) is 41.3 Å². The zero-order chi connectivity index (χ0) is 8.81. The molecule has 1 aliphatic rings. The van der Waals surface area contributed by atoms with Gasteiger partial charge in [-0.2, -0.15) is 0 Å². The van der Waals surface area contributed by atoms with E-state index in [1.165, 1.54) is 19.5 Å². The van der Waals surface area contributed by atoms with E-state index in [1.807, 2.05) is 0 Å². The first-order valence-corrected chi connectivity index (χ1v) is 5.03. The molecule has 1 rings (SSSR count). The maximum atomic E-state index is 5.49. The van der Waals surface area contributed by atoms with Crippen molar-refractivity contribution in [1.82, 2.24) is 10.2 Å². The normalized spacial score (nSPS) is 26.0. The molecule has 1 saturated heterocycles. The van der Waals surface area contributed by atoms with E-state index < -0.39 is 0 Å². The van der Waals surface area contributed by atoms with Gasteiger partial charge in [-0.15, -0.1) is 0 Å². The number of nitrogens with zero attached hydrogens (tertiary/aromatic N) is 1. The predicted molar refractivity (Wildman–Crippen MR) is 52.2 cm³/mol. The van der Waals surface area contributed by atoms with Crippen LogP contribution in [-0.4, -0.2) is 43.7 Å². The Morgan fingerprint density at radius 3 is 3.08 bits per heavy atom. The van der Waals surface area contributed by atoms with Gasteiger partial charge in [0.15, 0.2) is 0 Å². The summed E-state index contributed by atoms with van der Waals surface area (Å²) in [4.78, 5) is 2.56. The van der Waals surface area contributed by atoms with Gasteiger partial charge in [-0.3, -0.25) is 4.90 Å². The molecule has 3 nitrogen and oxygen atoms in total. The minimum absolute atomic E-state index is 0.741. The third-order valence-corrected chi connectivity index (χ3v) is 2.59. The van der Waals surface area contributed by atoms with Crippen LogP contribution < -0.4 is 11.1 Å². The van der Waals surface area contributed by atoms with Gasteiger partial charge in [0.05, 0.1) is 0 Å². The van der Waals surface area contributed by atoms with E-state index in [0.717, 1.165) is 32.1 Å². The van der Waals surface area contributed by atoms with Crippen molar-refractivity contribution in [1.29, 1.82) is 0 Å². The molecule has 72 valence electrons. The first-order valence-electron chi connectivity index (χ1n) is 5.03. The highest BCUT2D eigenvalue weighted by Gasteiger charge is 2.18. The first kappa shape index (κ1) is 9.96. The van der Waals surface area contributed by atoms with Crippen LogP contribution in [0, 0.1) is 0 Å². The second-order valence-electron chi connectivity index (χ2n) is 3.44. The highest BCUT2D eigenvalue weighted by atomic mass is 15.2. The van der Waals surface area contributed by atoms with Crippen molar-refractivity contribution in [3.8, 4) is 0 Å². The van der Waals surface area contributed by atoms with E-state index in [-0.39, 0.29) is 0 Å². The number of nitrogens with two attached hydrogens (primary N) is 1. The van der Waals surface area contributed by atoms with Crippen LogP contribution >= 0.6 is 0 Å². The number of piperazine rings is 1. The lowest BCUT2D eigenvalue weighted by atomic mass is 10.1. The fraction of sp³-hybridized carbons (Fsp3) is 1.00. The standard InChI is InChI=1S/C9H21N3/c1-2-9-8-11-5-7-12(9)6-3-4-10/h9,11H,2-8,10H2,1H3. The molecule has 1 aliphatic heterocycles. The molecule has 0 aromatic carbocycles. The largest absolute Gasteiger partial charge is 0.330 e. The molecule has 0 aromatic rings. The molecule has 0 aliphatic carbocycles. The zero-order valence-corrected chi connectivity index (χ0v) is 8.05. The summed E-state index contributed by atoms with van der Waals surface area (Å²) >= 11 is 0. The summed E-state index contributed by atoms with van der Waals surface area (Å²) < 4.78 is 0. The fourth-order valence-corrected chi connectivity index (χ4v) is 1.79. The molecule has 12 heavy (non-hydrogen) atoms. The zero-order valence-electron chi connectivity index (χ0n) is 8.05. The van der Waals surface area contributed by atoms with Crippen molar-refractivity contribution in [3.05, 3.63) is 0 Å². The summed E-state index contributed by atoms with van der Waals surface area (Å²) in [6.07, 6.45) is 2.38. The van der Waals surface area contributed by atoms with Gasteiger partial charge in [0.1, 0.15) is 0 Å². The van der Waals surface area contributed by atoms with Gasteiger partial charge in [-0.1, -0.05) is 6.92 Å². The van der Waals surface area contributed by atoms with Crippen LogP contribution in [0.3, 0.4) is 0 Å². The molecule has 0 amide bonds. The average molecular weight is 171 g/mol. The molecule has 1 heterocycles. The monoisotopic (exact) mass is 171 g/mol.